The van der Waals surface area contributed by atoms with Gasteiger partial charge in [-0.15, -0.1) is 0 Å². The fourth-order valence-electron chi connectivity index (χ4n) is 3.98. The van der Waals surface area contributed by atoms with Crippen molar-refractivity contribution < 1.29 is 14.3 Å². The number of rotatable bonds is 6. The minimum absolute atomic E-state index is 0.0890. The monoisotopic (exact) mass is 373 g/mol. The first-order chi connectivity index (χ1) is 13.1. The van der Waals surface area contributed by atoms with E-state index in [2.05, 4.69) is 17.1 Å². The highest BCUT2D eigenvalue weighted by Gasteiger charge is 2.28. The van der Waals surface area contributed by atoms with Crippen LogP contribution in [0.3, 0.4) is 0 Å². The van der Waals surface area contributed by atoms with Crippen LogP contribution in [0, 0.1) is 5.92 Å². The minimum atomic E-state index is 0.0890. The molecule has 3 rings (SSSR count). The minimum Gasteiger partial charge on any atom is -0.497 e. The second kappa shape index (κ2) is 9.22. The number of aryl methyl sites for hydroxylation is 1. The summed E-state index contributed by atoms with van der Waals surface area (Å²) in [4.78, 5) is 29.1. The lowest BCUT2D eigenvalue weighted by Gasteiger charge is -2.34. The molecule has 2 aliphatic rings. The molecule has 1 aromatic rings. The molecule has 1 saturated heterocycles. The van der Waals surface area contributed by atoms with E-state index in [4.69, 9.17) is 4.74 Å². The summed E-state index contributed by atoms with van der Waals surface area (Å²) in [7, 11) is 1.67. The lowest BCUT2D eigenvalue weighted by molar-refractivity contribution is -0.126. The van der Waals surface area contributed by atoms with E-state index in [1.807, 2.05) is 23.1 Å². The van der Waals surface area contributed by atoms with Gasteiger partial charge in [-0.3, -0.25) is 14.5 Å². The smallest absolute Gasteiger partial charge is 0.241 e. The van der Waals surface area contributed by atoms with Crippen molar-refractivity contribution in [2.24, 2.45) is 5.92 Å². The highest BCUT2D eigenvalue weighted by atomic mass is 16.5. The molecule has 1 aromatic carbocycles. The van der Waals surface area contributed by atoms with Gasteiger partial charge in [-0.05, 0) is 69.0 Å². The van der Waals surface area contributed by atoms with Gasteiger partial charge in [-0.1, -0.05) is 6.92 Å². The number of methoxy groups -OCH3 is 1. The summed E-state index contributed by atoms with van der Waals surface area (Å²) >= 11 is 0. The van der Waals surface area contributed by atoms with E-state index in [-0.39, 0.29) is 17.7 Å². The van der Waals surface area contributed by atoms with Gasteiger partial charge in [-0.2, -0.15) is 0 Å². The fourth-order valence-corrected chi connectivity index (χ4v) is 3.98. The zero-order valence-electron chi connectivity index (χ0n) is 16.5. The zero-order valence-corrected chi connectivity index (χ0v) is 16.5. The van der Waals surface area contributed by atoms with Crippen molar-refractivity contribution in [1.29, 1.82) is 0 Å². The molecule has 2 aliphatic heterocycles. The van der Waals surface area contributed by atoms with Crippen LogP contribution in [0.1, 0.15) is 38.2 Å². The van der Waals surface area contributed by atoms with Crippen LogP contribution in [0.25, 0.3) is 0 Å². The average molecular weight is 373 g/mol. The maximum absolute atomic E-state index is 12.9. The lowest BCUT2D eigenvalue weighted by Crippen LogP contribution is -2.46. The Labute approximate surface area is 161 Å². The predicted molar refractivity (Wildman–Crippen MR) is 106 cm³/mol. The second-order valence-electron chi connectivity index (χ2n) is 7.49. The van der Waals surface area contributed by atoms with Crippen LogP contribution in [-0.4, -0.2) is 56.5 Å². The topological polar surface area (TPSA) is 61.9 Å². The number of anilines is 1. The van der Waals surface area contributed by atoms with Gasteiger partial charge in [0.25, 0.3) is 0 Å². The van der Waals surface area contributed by atoms with Crippen molar-refractivity contribution in [1.82, 2.24) is 10.2 Å². The highest BCUT2D eigenvalue weighted by molar-refractivity contribution is 5.96. The molecular weight excluding hydrogens is 342 g/mol. The molecule has 0 saturated carbocycles. The molecule has 1 N–H and O–H groups in total. The van der Waals surface area contributed by atoms with Gasteiger partial charge in [-0.25, -0.2) is 0 Å². The van der Waals surface area contributed by atoms with Crippen LogP contribution >= 0.6 is 0 Å². The summed E-state index contributed by atoms with van der Waals surface area (Å²) in [6, 6.07) is 5.95. The maximum Gasteiger partial charge on any atom is 0.241 e. The number of piperidine rings is 1. The van der Waals surface area contributed by atoms with Crippen LogP contribution in [0.15, 0.2) is 18.2 Å². The molecule has 2 amide bonds. The van der Waals surface area contributed by atoms with Gasteiger partial charge in [0, 0.05) is 24.7 Å². The van der Waals surface area contributed by atoms with Crippen molar-refractivity contribution in [3.63, 3.8) is 0 Å². The van der Waals surface area contributed by atoms with E-state index in [1.165, 1.54) is 5.56 Å². The van der Waals surface area contributed by atoms with E-state index in [0.717, 1.165) is 69.7 Å². The predicted octanol–water partition coefficient (Wildman–Crippen LogP) is 2.21. The number of carbonyl (C=O) groups excluding carboxylic acids is 2. The molecule has 27 heavy (non-hydrogen) atoms. The Kier molecular flexibility index (Phi) is 6.72. The van der Waals surface area contributed by atoms with Crippen molar-refractivity contribution in [2.75, 3.05) is 44.7 Å². The van der Waals surface area contributed by atoms with Crippen molar-refractivity contribution in [3.05, 3.63) is 23.8 Å². The number of benzene rings is 1. The molecular formula is C21H31N3O3. The Morgan fingerprint density at radius 2 is 2.00 bits per heavy atom. The molecule has 6 nitrogen and oxygen atoms in total. The van der Waals surface area contributed by atoms with Gasteiger partial charge in [0.2, 0.25) is 11.8 Å². The average Bonchev–Trinajstić information content (AvgIpc) is 2.71. The van der Waals surface area contributed by atoms with E-state index in [9.17, 15) is 9.59 Å². The number of ether oxygens (including phenoxy) is 1. The Bertz CT molecular complexity index is 669. The van der Waals surface area contributed by atoms with Crippen LogP contribution < -0.4 is 15.0 Å². The summed E-state index contributed by atoms with van der Waals surface area (Å²) in [6.07, 6.45) is 4.58. The lowest BCUT2D eigenvalue weighted by atomic mass is 9.95. The molecule has 0 spiro atoms. The molecule has 0 aliphatic carbocycles. The Balaban J connectivity index is 1.54. The molecule has 0 radical (unpaired) electrons. The van der Waals surface area contributed by atoms with Crippen LogP contribution in [0.2, 0.25) is 0 Å². The molecule has 0 bridgehead atoms. The summed E-state index contributed by atoms with van der Waals surface area (Å²) in [5.74, 6) is 1.24. The quantitative estimate of drug-likeness (QED) is 0.831. The molecule has 1 fully saturated rings. The molecule has 148 valence electrons. The Hall–Kier alpha value is -2.08. The number of likely N-dealkylation sites (tertiary alicyclic amines) is 1. The van der Waals surface area contributed by atoms with Gasteiger partial charge in [0.1, 0.15) is 5.75 Å². The van der Waals surface area contributed by atoms with Crippen LogP contribution in [0.5, 0.6) is 5.75 Å². The van der Waals surface area contributed by atoms with Crippen molar-refractivity contribution in [3.8, 4) is 5.75 Å². The van der Waals surface area contributed by atoms with Gasteiger partial charge < -0.3 is 15.0 Å². The summed E-state index contributed by atoms with van der Waals surface area (Å²) in [5, 5.41) is 2.99. The first-order valence-corrected chi connectivity index (χ1v) is 10.1. The number of nitrogens with zero attached hydrogens (tertiary/aromatic N) is 2. The summed E-state index contributed by atoms with van der Waals surface area (Å²) in [5.41, 5.74) is 2.20. The first-order valence-electron chi connectivity index (χ1n) is 10.1. The number of nitrogens with one attached hydrogen (secondary N) is 1. The maximum atomic E-state index is 12.9. The number of hydrogen-bond acceptors (Lipinski definition) is 4. The van der Waals surface area contributed by atoms with Gasteiger partial charge in [0.15, 0.2) is 0 Å². The van der Waals surface area contributed by atoms with Gasteiger partial charge >= 0.3 is 0 Å². The van der Waals surface area contributed by atoms with Crippen LogP contribution in [-0.2, 0) is 16.0 Å². The highest BCUT2D eigenvalue weighted by Crippen LogP contribution is 2.30. The van der Waals surface area contributed by atoms with Crippen molar-refractivity contribution >= 4 is 17.5 Å². The summed E-state index contributed by atoms with van der Waals surface area (Å²) in [6.45, 7) is 5.61. The Morgan fingerprint density at radius 3 is 2.70 bits per heavy atom. The third-order valence-electron chi connectivity index (χ3n) is 5.57. The molecule has 0 unspecified atom stereocenters. The number of carbonyl (C=O) groups is 2. The SMILES string of the molecule is CCCNC(=O)C1CCN(CC(=O)N2CCCc3cc(OC)ccc32)CC1. The number of hydrogen-bond donors (Lipinski definition) is 1. The zero-order chi connectivity index (χ0) is 19.2. The van der Waals surface area contributed by atoms with Crippen LogP contribution in [0.4, 0.5) is 5.69 Å². The van der Waals surface area contributed by atoms with E-state index >= 15 is 0 Å². The molecule has 0 atom stereocenters. The number of amides is 2. The first kappa shape index (κ1) is 19.7. The normalized spacial score (nSPS) is 18.1. The van der Waals surface area contributed by atoms with E-state index in [1.54, 1.807) is 7.11 Å². The fraction of sp³-hybridized carbons (Fsp3) is 0.619. The Morgan fingerprint density at radius 1 is 1.22 bits per heavy atom. The molecule has 0 aromatic heterocycles. The summed E-state index contributed by atoms with van der Waals surface area (Å²) < 4.78 is 5.31. The second-order valence-corrected chi connectivity index (χ2v) is 7.49. The molecule has 6 heteroatoms. The largest absolute Gasteiger partial charge is 0.497 e. The molecule has 2 heterocycles. The third kappa shape index (κ3) is 4.80. The van der Waals surface area contributed by atoms with E-state index < -0.39 is 0 Å². The van der Waals surface area contributed by atoms with Crippen molar-refractivity contribution in [2.45, 2.75) is 39.0 Å². The standard InChI is InChI=1S/C21H31N3O3/c1-3-10-22-21(26)16-8-12-23(13-9-16)15-20(25)24-11-4-5-17-14-18(27-2)6-7-19(17)24/h6-7,14,16H,3-5,8-13,15H2,1-2H3,(H,22,26). The van der Waals surface area contributed by atoms with Gasteiger partial charge in [0.05, 0.1) is 13.7 Å². The van der Waals surface area contributed by atoms with E-state index in [0.29, 0.717) is 6.54 Å². The third-order valence-corrected chi connectivity index (χ3v) is 5.57. The number of fused-ring (bicyclic) bond motifs is 1.